The number of rotatable bonds is 4. The van der Waals surface area contributed by atoms with Gasteiger partial charge in [-0.2, -0.15) is 0 Å². The second-order valence-electron chi connectivity index (χ2n) is 4.17. The van der Waals surface area contributed by atoms with Crippen molar-refractivity contribution in [3.8, 4) is 0 Å². The van der Waals surface area contributed by atoms with Gasteiger partial charge in [-0.1, -0.05) is 0 Å². The van der Waals surface area contributed by atoms with Gasteiger partial charge >= 0.3 is 0 Å². The Morgan fingerprint density at radius 3 is 2.18 bits per heavy atom. The lowest BCUT2D eigenvalue weighted by Gasteiger charge is -2.22. The first-order valence-electron chi connectivity index (χ1n) is 5.15. The summed E-state index contributed by atoms with van der Waals surface area (Å²) in [5, 5.41) is 23.1. The van der Waals surface area contributed by atoms with Crippen LogP contribution in [0.5, 0.6) is 0 Å². The Labute approximate surface area is 99.8 Å². The summed E-state index contributed by atoms with van der Waals surface area (Å²) in [4.78, 5) is 11.8. The van der Waals surface area contributed by atoms with Crippen LogP contribution in [0.15, 0.2) is 24.3 Å². The van der Waals surface area contributed by atoms with E-state index in [1.165, 1.54) is 12.1 Å². The average Bonchev–Trinajstić information content (AvgIpc) is 2.29. The fraction of sp³-hybridized carbons (Fsp3) is 0.364. The Morgan fingerprint density at radius 2 is 1.76 bits per heavy atom. The van der Waals surface area contributed by atoms with Crippen LogP contribution >= 0.6 is 0 Å². The number of hydrogen-bond acceptors (Lipinski definition) is 5. The van der Waals surface area contributed by atoms with Crippen molar-refractivity contribution >= 4 is 17.3 Å². The summed E-state index contributed by atoms with van der Waals surface area (Å²) in [5.41, 5.74) is 0.137. The van der Waals surface area contributed by atoms with Gasteiger partial charge < -0.3 is 10.6 Å². The summed E-state index contributed by atoms with van der Waals surface area (Å²) >= 11 is 0. The van der Waals surface area contributed by atoms with E-state index in [1.54, 1.807) is 33.0 Å². The van der Waals surface area contributed by atoms with Crippen molar-refractivity contribution in [3.63, 3.8) is 0 Å². The SMILES string of the molecule is CNC(C)(C)C(=O)Nc1ccc(N(O)O)cc1. The summed E-state index contributed by atoms with van der Waals surface area (Å²) < 4.78 is 0. The fourth-order valence-corrected chi connectivity index (χ4v) is 1.08. The minimum atomic E-state index is -0.668. The molecule has 0 fully saturated rings. The first-order chi connectivity index (χ1) is 7.86. The fourth-order valence-electron chi connectivity index (χ4n) is 1.08. The molecule has 6 heteroatoms. The molecule has 17 heavy (non-hydrogen) atoms. The highest BCUT2D eigenvalue weighted by Gasteiger charge is 2.24. The molecule has 1 aromatic carbocycles. The normalized spacial score (nSPS) is 11.1. The van der Waals surface area contributed by atoms with E-state index < -0.39 is 5.54 Å². The minimum absolute atomic E-state index is 0.0170. The van der Waals surface area contributed by atoms with Crippen molar-refractivity contribution in [3.05, 3.63) is 24.3 Å². The van der Waals surface area contributed by atoms with Crippen LogP contribution in [0.2, 0.25) is 0 Å². The van der Waals surface area contributed by atoms with Crippen molar-refractivity contribution in [1.82, 2.24) is 5.32 Å². The summed E-state index contributed by atoms with van der Waals surface area (Å²) in [6.07, 6.45) is 0. The molecule has 0 unspecified atom stereocenters. The molecule has 1 rings (SSSR count). The molecule has 0 atom stereocenters. The molecule has 6 nitrogen and oxygen atoms in total. The van der Waals surface area contributed by atoms with Gasteiger partial charge in [0.2, 0.25) is 5.91 Å². The Bertz CT molecular complexity index is 387. The summed E-state index contributed by atoms with van der Waals surface area (Å²) in [6.45, 7) is 3.53. The minimum Gasteiger partial charge on any atom is -0.325 e. The van der Waals surface area contributed by atoms with Gasteiger partial charge in [0.1, 0.15) is 0 Å². The quantitative estimate of drug-likeness (QED) is 0.593. The third-order valence-electron chi connectivity index (χ3n) is 2.55. The molecule has 0 aliphatic heterocycles. The van der Waals surface area contributed by atoms with Crippen LogP contribution in [0, 0.1) is 0 Å². The molecule has 0 aliphatic rings. The smallest absolute Gasteiger partial charge is 0.244 e. The van der Waals surface area contributed by atoms with Crippen molar-refractivity contribution < 1.29 is 15.2 Å². The average molecular weight is 239 g/mol. The maximum atomic E-state index is 11.8. The summed E-state index contributed by atoms with van der Waals surface area (Å²) in [5.74, 6) is -0.169. The molecule has 94 valence electrons. The second kappa shape index (κ2) is 5.13. The molecule has 0 radical (unpaired) electrons. The molecule has 0 saturated heterocycles. The van der Waals surface area contributed by atoms with Gasteiger partial charge in [0.15, 0.2) is 0 Å². The lowest BCUT2D eigenvalue weighted by Crippen LogP contribution is -2.47. The van der Waals surface area contributed by atoms with E-state index in [4.69, 9.17) is 10.4 Å². The van der Waals surface area contributed by atoms with Crippen molar-refractivity contribution in [1.29, 1.82) is 0 Å². The lowest BCUT2D eigenvalue weighted by atomic mass is 10.1. The van der Waals surface area contributed by atoms with E-state index in [-0.39, 0.29) is 16.8 Å². The van der Waals surface area contributed by atoms with E-state index in [9.17, 15) is 4.79 Å². The van der Waals surface area contributed by atoms with Gasteiger partial charge in [0, 0.05) is 5.69 Å². The van der Waals surface area contributed by atoms with Crippen molar-refractivity contribution in [2.75, 3.05) is 17.6 Å². The van der Waals surface area contributed by atoms with Crippen LogP contribution < -0.4 is 15.9 Å². The van der Waals surface area contributed by atoms with Crippen LogP contribution in [-0.2, 0) is 4.79 Å². The van der Waals surface area contributed by atoms with E-state index in [2.05, 4.69) is 10.6 Å². The number of benzene rings is 1. The van der Waals surface area contributed by atoms with Crippen LogP contribution in [0.3, 0.4) is 0 Å². The van der Waals surface area contributed by atoms with E-state index >= 15 is 0 Å². The molecule has 4 N–H and O–H groups in total. The molecule has 1 aromatic rings. The highest BCUT2D eigenvalue weighted by atomic mass is 16.8. The Kier molecular flexibility index (Phi) is 4.06. The van der Waals surface area contributed by atoms with Gasteiger partial charge in [-0.15, -0.1) is 5.23 Å². The van der Waals surface area contributed by atoms with Gasteiger partial charge in [-0.25, -0.2) is 0 Å². The molecule has 0 heterocycles. The number of amides is 1. The molecular weight excluding hydrogens is 222 g/mol. The third-order valence-corrected chi connectivity index (χ3v) is 2.55. The standard InChI is InChI=1S/C11H17N3O3/c1-11(2,12-3)10(15)13-8-4-6-9(7-5-8)14(16)17/h4-7,12,16-17H,1-3H3,(H,13,15). The molecule has 0 saturated carbocycles. The van der Waals surface area contributed by atoms with Crippen molar-refractivity contribution in [2.24, 2.45) is 0 Å². The maximum absolute atomic E-state index is 11.8. The number of anilines is 2. The molecule has 0 spiro atoms. The first kappa shape index (κ1) is 13.4. The Morgan fingerprint density at radius 1 is 1.24 bits per heavy atom. The second-order valence-corrected chi connectivity index (χ2v) is 4.17. The van der Waals surface area contributed by atoms with Crippen molar-refractivity contribution in [2.45, 2.75) is 19.4 Å². The third kappa shape index (κ3) is 3.42. The molecular formula is C11H17N3O3. The van der Waals surface area contributed by atoms with E-state index in [1.807, 2.05) is 0 Å². The summed E-state index contributed by atoms with van der Waals surface area (Å²) in [6, 6.07) is 6.11. The largest absolute Gasteiger partial charge is 0.325 e. The number of carbonyl (C=O) groups excluding carboxylic acids is 1. The van der Waals surface area contributed by atoms with Gasteiger partial charge in [-0.05, 0) is 45.2 Å². The van der Waals surface area contributed by atoms with Crippen LogP contribution in [0.25, 0.3) is 0 Å². The highest BCUT2D eigenvalue weighted by molar-refractivity contribution is 5.97. The van der Waals surface area contributed by atoms with Crippen LogP contribution in [-0.4, -0.2) is 28.9 Å². The predicted molar refractivity (Wildman–Crippen MR) is 64.3 cm³/mol. The number of carbonyl (C=O) groups is 1. The maximum Gasteiger partial charge on any atom is 0.244 e. The molecule has 0 aromatic heterocycles. The molecule has 1 amide bonds. The van der Waals surface area contributed by atoms with Gasteiger partial charge in [0.25, 0.3) is 0 Å². The van der Waals surface area contributed by atoms with Gasteiger partial charge in [0.05, 0.1) is 11.2 Å². The van der Waals surface area contributed by atoms with Crippen LogP contribution in [0.1, 0.15) is 13.8 Å². The first-order valence-corrected chi connectivity index (χ1v) is 5.15. The molecule has 0 aliphatic carbocycles. The predicted octanol–water partition coefficient (Wildman–Crippen LogP) is 1.21. The Hall–Kier alpha value is -1.63. The number of nitrogens with zero attached hydrogens (tertiary/aromatic N) is 1. The zero-order valence-electron chi connectivity index (χ0n) is 10.1. The van der Waals surface area contributed by atoms with E-state index in [0.717, 1.165) is 0 Å². The Balaban J connectivity index is 2.73. The van der Waals surface area contributed by atoms with Gasteiger partial charge in [-0.3, -0.25) is 15.2 Å². The topological polar surface area (TPSA) is 84.8 Å². The zero-order chi connectivity index (χ0) is 13.1. The number of nitrogens with one attached hydrogen (secondary N) is 2. The molecule has 0 bridgehead atoms. The summed E-state index contributed by atoms with van der Waals surface area (Å²) in [7, 11) is 1.71. The number of hydrogen-bond donors (Lipinski definition) is 4. The zero-order valence-corrected chi connectivity index (χ0v) is 10.1. The van der Waals surface area contributed by atoms with E-state index in [0.29, 0.717) is 5.69 Å². The monoisotopic (exact) mass is 239 g/mol. The number of likely N-dealkylation sites (N-methyl/N-ethyl adjacent to an activating group) is 1. The highest BCUT2D eigenvalue weighted by Crippen LogP contribution is 2.16. The lowest BCUT2D eigenvalue weighted by molar-refractivity contribution is -0.121. The van der Waals surface area contributed by atoms with Crippen LogP contribution in [0.4, 0.5) is 11.4 Å².